The van der Waals surface area contributed by atoms with Gasteiger partial charge in [0.05, 0.1) is 22.8 Å². The van der Waals surface area contributed by atoms with Crippen molar-refractivity contribution in [2.45, 2.75) is 13.1 Å². The Kier molecular flexibility index (Phi) is 7.00. The molecule has 140 valence electrons. The average Bonchev–Trinajstić information content (AvgIpc) is 2.56. The zero-order chi connectivity index (χ0) is 19.3. The fourth-order valence-electron chi connectivity index (χ4n) is 2.15. The molecule has 0 saturated carbocycles. The van der Waals surface area contributed by atoms with E-state index in [2.05, 4.69) is 5.32 Å². The molecular formula is C17H17Cl2FN2O3S. The number of nitrogens with one attached hydrogen (secondary N) is 1. The molecule has 9 heteroatoms. The second kappa shape index (κ2) is 8.81. The minimum absolute atomic E-state index is 0.0142. The minimum Gasteiger partial charge on any atom is -0.351 e. The van der Waals surface area contributed by atoms with Gasteiger partial charge in [0.1, 0.15) is 5.82 Å². The largest absolute Gasteiger partial charge is 0.351 e. The molecule has 2 aromatic rings. The van der Waals surface area contributed by atoms with Crippen molar-refractivity contribution in [1.82, 2.24) is 9.62 Å². The SMILES string of the molecule is CS(=O)(=O)N(CC(=O)NCc1ccc(F)cc1)Cc1ccc(Cl)c(Cl)c1. The lowest BCUT2D eigenvalue weighted by molar-refractivity contribution is -0.121. The fraction of sp³-hybridized carbons (Fsp3) is 0.235. The van der Waals surface area contributed by atoms with Gasteiger partial charge < -0.3 is 5.32 Å². The molecule has 1 N–H and O–H groups in total. The topological polar surface area (TPSA) is 66.5 Å². The third-order valence-electron chi connectivity index (χ3n) is 3.53. The lowest BCUT2D eigenvalue weighted by Crippen LogP contribution is -2.39. The van der Waals surface area contributed by atoms with Crippen LogP contribution in [0.2, 0.25) is 10.0 Å². The molecule has 0 radical (unpaired) electrons. The number of carbonyl (C=O) groups excluding carboxylic acids is 1. The van der Waals surface area contributed by atoms with E-state index in [1.54, 1.807) is 30.3 Å². The van der Waals surface area contributed by atoms with Crippen LogP contribution in [0.25, 0.3) is 0 Å². The van der Waals surface area contributed by atoms with E-state index in [4.69, 9.17) is 23.2 Å². The van der Waals surface area contributed by atoms with Gasteiger partial charge in [-0.15, -0.1) is 0 Å². The standard InChI is InChI=1S/C17H17Cl2FN2O3S/c1-26(24,25)22(10-13-4-7-15(18)16(19)8-13)11-17(23)21-9-12-2-5-14(20)6-3-12/h2-8H,9-11H2,1H3,(H,21,23). The molecule has 0 unspecified atom stereocenters. The Hall–Kier alpha value is -1.67. The second-order valence-corrected chi connectivity index (χ2v) is 8.48. The van der Waals surface area contributed by atoms with Gasteiger partial charge in [0.2, 0.25) is 15.9 Å². The summed E-state index contributed by atoms with van der Waals surface area (Å²) >= 11 is 11.8. The maximum Gasteiger partial charge on any atom is 0.235 e. The molecule has 0 aromatic heterocycles. The van der Waals surface area contributed by atoms with E-state index in [1.165, 1.54) is 12.1 Å². The van der Waals surface area contributed by atoms with Gasteiger partial charge in [-0.3, -0.25) is 4.79 Å². The predicted octanol–water partition coefficient (Wildman–Crippen LogP) is 3.21. The third kappa shape index (κ3) is 6.25. The van der Waals surface area contributed by atoms with Crippen LogP contribution in [-0.2, 0) is 27.9 Å². The summed E-state index contributed by atoms with van der Waals surface area (Å²) in [5, 5.41) is 3.28. The van der Waals surface area contributed by atoms with E-state index in [0.717, 1.165) is 10.6 Å². The van der Waals surface area contributed by atoms with Gasteiger partial charge in [0.25, 0.3) is 0 Å². The van der Waals surface area contributed by atoms with Gasteiger partial charge >= 0.3 is 0 Å². The van der Waals surface area contributed by atoms with Gasteiger partial charge in [-0.05, 0) is 35.4 Å². The molecule has 5 nitrogen and oxygen atoms in total. The summed E-state index contributed by atoms with van der Waals surface area (Å²) in [5.41, 5.74) is 1.31. The first-order valence-electron chi connectivity index (χ1n) is 7.55. The van der Waals surface area contributed by atoms with E-state index in [-0.39, 0.29) is 25.5 Å². The summed E-state index contributed by atoms with van der Waals surface area (Å²) in [7, 11) is -3.62. The summed E-state index contributed by atoms with van der Waals surface area (Å²) in [6.45, 7) is -0.191. The van der Waals surface area contributed by atoms with Crippen molar-refractivity contribution in [3.63, 3.8) is 0 Å². The molecule has 0 aliphatic carbocycles. The van der Waals surface area contributed by atoms with Crippen LogP contribution in [0.3, 0.4) is 0 Å². The summed E-state index contributed by atoms with van der Waals surface area (Å²) in [5.74, 6) is -0.843. The molecule has 0 atom stereocenters. The van der Waals surface area contributed by atoms with Crippen LogP contribution in [0, 0.1) is 5.82 Å². The molecule has 2 rings (SSSR count). The van der Waals surface area contributed by atoms with E-state index in [9.17, 15) is 17.6 Å². The van der Waals surface area contributed by atoms with Gasteiger partial charge in [0, 0.05) is 13.1 Å². The zero-order valence-electron chi connectivity index (χ0n) is 13.9. The molecular weight excluding hydrogens is 402 g/mol. The second-order valence-electron chi connectivity index (χ2n) is 5.68. The molecule has 0 saturated heterocycles. The number of carbonyl (C=O) groups is 1. The number of hydrogen-bond donors (Lipinski definition) is 1. The van der Waals surface area contributed by atoms with Crippen molar-refractivity contribution in [3.8, 4) is 0 Å². The molecule has 0 fully saturated rings. The number of nitrogens with zero attached hydrogens (tertiary/aromatic N) is 1. The number of amides is 1. The highest BCUT2D eigenvalue weighted by molar-refractivity contribution is 7.88. The smallest absolute Gasteiger partial charge is 0.235 e. The Bertz CT molecular complexity index is 889. The van der Waals surface area contributed by atoms with Crippen molar-refractivity contribution in [1.29, 1.82) is 0 Å². The maximum absolute atomic E-state index is 12.9. The van der Waals surface area contributed by atoms with Crippen LogP contribution < -0.4 is 5.32 Å². The van der Waals surface area contributed by atoms with Crippen LogP contribution in [-0.4, -0.2) is 31.4 Å². The van der Waals surface area contributed by atoms with Crippen LogP contribution in [0.15, 0.2) is 42.5 Å². The molecule has 26 heavy (non-hydrogen) atoms. The third-order valence-corrected chi connectivity index (χ3v) is 5.47. The summed E-state index contributed by atoms with van der Waals surface area (Å²) < 4.78 is 37.9. The first kappa shape index (κ1) is 20.6. The molecule has 2 aromatic carbocycles. The Balaban J connectivity index is 2.01. The monoisotopic (exact) mass is 418 g/mol. The van der Waals surface area contributed by atoms with E-state index < -0.39 is 15.9 Å². The molecule has 0 spiro atoms. The Morgan fingerprint density at radius 2 is 1.69 bits per heavy atom. The number of rotatable bonds is 7. The van der Waals surface area contributed by atoms with Crippen LogP contribution >= 0.6 is 23.2 Å². The highest BCUT2D eigenvalue weighted by Crippen LogP contribution is 2.23. The maximum atomic E-state index is 12.9. The Labute approximate surface area is 161 Å². The van der Waals surface area contributed by atoms with Crippen molar-refractivity contribution in [2.24, 2.45) is 0 Å². The lowest BCUT2D eigenvalue weighted by atomic mass is 10.2. The molecule has 0 heterocycles. The first-order chi connectivity index (χ1) is 12.1. The highest BCUT2D eigenvalue weighted by Gasteiger charge is 2.20. The van der Waals surface area contributed by atoms with Gasteiger partial charge in [-0.25, -0.2) is 12.8 Å². The summed E-state index contributed by atoms with van der Waals surface area (Å²) in [4.78, 5) is 12.1. The highest BCUT2D eigenvalue weighted by atomic mass is 35.5. The zero-order valence-corrected chi connectivity index (χ0v) is 16.2. The number of sulfonamides is 1. The van der Waals surface area contributed by atoms with Crippen LogP contribution in [0.5, 0.6) is 0 Å². The van der Waals surface area contributed by atoms with E-state index in [0.29, 0.717) is 21.2 Å². The van der Waals surface area contributed by atoms with Crippen molar-refractivity contribution in [3.05, 3.63) is 69.5 Å². The lowest BCUT2D eigenvalue weighted by Gasteiger charge is -2.20. The molecule has 0 aliphatic heterocycles. The van der Waals surface area contributed by atoms with Crippen molar-refractivity contribution < 1.29 is 17.6 Å². The Morgan fingerprint density at radius 3 is 2.27 bits per heavy atom. The van der Waals surface area contributed by atoms with Crippen molar-refractivity contribution in [2.75, 3.05) is 12.8 Å². The van der Waals surface area contributed by atoms with Gasteiger partial charge in [0.15, 0.2) is 0 Å². The number of halogens is 3. The Morgan fingerprint density at radius 1 is 1.08 bits per heavy atom. The van der Waals surface area contributed by atoms with Gasteiger partial charge in [-0.1, -0.05) is 41.4 Å². The molecule has 1 amide bonds. The summed E-state index contributed by atoms with van der Waals surface area (Å²) in [6, 6.07) is 10.4. The van der Waals surface area contributed by atoms with Crippen molar-refractivity contribution >= 4 is 39.1 Å². The molecule has 0 bridgehead atoms. The van der Waals surface area contributed by atoms with Crippen LogP contribution in [0.4, 0.5) is 4.39 Å². The van der Waals surface area contributed by atoms with Gasteiger partial charge in [-0.2, -0.15) is 4.31 Å². The van der Waals surface area contributed by atoms with E-state index in [1.807, 2.05) is 0 Å². The van der Waals surface area contributed by atoms with Crippen LogP contribution in [0.1, 0.15) is 11.1 Å². The number of hydrogen-bond acceptors (Lipinski definition) is 3. The first-order valence-corrected chi connectivity index (χ1v) is 10.2. The normalized spacial score (nSPS) is 11.6. The number of benzene rings is 2. The molecule has 0 aliphatic rings. The minimum atomic E-state index is -3.62. The summed E-state index contributed by atoms with van der Waals surface area (Å²) in [6.07, 6.45) is 1.03. The fourth-order valence-corrected chi connectivity index (χ4v) is 3.21. The predicted molar refractivity (Wildman–Crippen MR) is 100.0 cm³/mol. The average molecular weight is 419 g/mol. The van der Waals surface area contributed by atoms with E-state index >= 15 is 0 Å². The quantitative estimate of drug-likeness (QED) is 0.750.